The summed E-state index contributed by atoms with van der Waals surface area (Å²) >= 11 is 0. The van der Waals surface area contributed by atoms with E-state index in [4.69, 9.17) is 21.6 Å². The predicted octanol–water partition coefficient (Wildman–Crippen LogP) is 1.13. The minimum absolute atomic E-state index is 0.173. The largest absolute Gasteiger partial charge is 0.496 e. The number of terminal acetylenes is 1. The first kappa shape index (κ1) is 14.1. The van der Waals surface area contributed by atoms with Crippen LogP contribution in [0, 0.1) is 12.3 Å². The molecular weight excluding hydrogens is 230 g/mol. The lowest BCUT2D eigenvalue weighted by molar-refractivity contribution is -0.147. The Bertz CT molecular complexity index is 464. The zero-order valence-corrected chi connectivity index (χ0v) is 10.6. The van der Waals surface area contributed by atoms with Crippen LogP contribution in [0.4, 0.5) is 0 Å². The first-order valence-corrected chi connectivity index (χ1v) is 5.63. The average molecular weight is 247 g/mol. The van der Waals surface area contributed by atoms with Crippen LogP contribution in [0.1, 0.15) is 12.5 Å². The van der Waals surface area contributed by atoms with Crippen molar-refractivity contribution in [1.82, 2.24) is 0 Å². The molecule has 0 radical (unpaired) electrons. The van der Waals surface area contributed by atoms with Crippen LogP contribution >= 0.6 is 0 Å². The van der Waals surface area contributed by atoms with Crippen LogP contribution in [-0.4, -0.2) is 25.2 Å². The monoisotopic (exact) mass is 247 g/mol. The third kappa shape index (κ3) is 3.02. The molecule has 18 heavy (non-hydrogen) atoms. The summed E-state index contributed by atoms with van der Waals surface area (Å²) in [7, 11) is 1.55. The summed E-state index contributed by atoms with van der Waals surface area (Å²) in [6, 6.07) is 7.27. The van der Waals surface area contributed by atoms with Gasteiger partial charge in [0.1, 0.15) is 5.75 Å². The van der Waals surface area contributed by atoms with Crippen molar-refractivity contribution in [3.63, 3.8) is 0 Å². The molecule has 0 aliphatic carbocycles. The summed E-state index contributed by atoms with van der Waals surface area (Å²) in [5, 5.41) is 0. The summed E-state index contributed by atoms with van der Waals surface area (Å²) in [4.78, 5) is 11.8. The molecule has 0 saturated heterocycles. The van der Waals surface area contributed by atoms with Gasteiger partial charge in [0.05, 0.1) is 13.7 Å². The predicted molar refractivity (Wildman–Crippen MR) is 69.1 cm³/mol. The van der Waals surface area contributed by atoms with Crippen LogP contribution in [0.3, 0.4) is 0 Å². The van der Waals surface area contributed by atoms with Gasteiger partial charge >= 0.3 is 5.97 Å². The van der Waals surface area contributed by atoms with Crippen LogP contribution in [0.15, 0.2) is 24.3 Å². The van der Waals surface area contributed by atoms with Gasteiger partial charge in [-0.1, -0.05) is 24.1 Å². The number of rotatable bonds is 5. The van der Waals surface area contributed by atoms with Crippen LogP contribution < -0.4 is 10.5 Å². The zero-order chi connectivity index (χ0) is 13.6. The third-order valence-electron chi connectivity index (χ3n) is 2.56. The van der Waals surface area contributed by atoms with E-state index in [1.54, 1.807) is 20.1 Å². The summed E-state index contributed by atoms with van der Waals surface area (Å²) in [5.41, 5.74) is 5.22. The van der Waals surface area contributed by atoms with Crippen LogP contribution in [-0.2, 0) is 16.0 Å². The smallest absolute Gasteiger partial charge is 0.339 e. The molecule has 1 rings (SSSR count). The Kier molecular flexibility index (Phi) is 4.75. The zero-order valence-electron chi connectivity index (χ0n) is 10.6. The molecule has 1 aromatic rings. The molecule has 0 aromatic heterocycles. The van der Waals surface area contributed by atoms with E-state index >= 15 is 0 Å². The molecular formula is C14H17NO3. The number of ether oxygens (including phenoxy) is 2. The topological polar surface area (TPSA) is 61.5 Å². The number of methoxy groups -OCH3 is 1. The highest BCUT2D eigenvalue weighted by atomic mass is 16.5. The van der Waals surface area contributed by atoms with Gasteiger partial charge in [-0.3, -0.25) is 0 Å². The summed E-state index contributed by atoms with van der Waals surface area (Å²) in [5.74, 6) is 2.36. The van der Waals surface area contributed by atoms with E-state index in [2.05, 4.69) is 5.92 Å². The number of carbonyl (C=O) groups is 1. The molecule has 1 unspecified atom stereocenters. The maximum atomic E-state index is 11.8. The van der Waals surface area contributed by atoms with E-state index in [9.17, 15) is 4.79 Å². The van der Waals surface area contributed by atoms with Gasteiger partial charge in [-0.05, 0) is 18.6 Å². The maximum Gasteiger partial charge on any atom is 0.339 e. The lowest BCUT2D eigenvalue weighted by Gasteiger charge is -2.22. The highest BCUT2D eigenvalue weighted by Gasteiger charge is 2.34. The SMILES string of the molecule is C#CC(N)(Cc1ccccc1OC)C(=O)OCC. The minimum Gasteiger partial charge on any atom is -0.496 e. The molecule has 2 N–H and O–H groups in total. The molecule has 0 bridgehead atoms. The second-order valence-corrected chi connectivity index (χ2v) is 3.82. The highest BCUT2D eigenvalue weighted by molar-refractivity contribution is 5.85. The fourth-order valence-corrected chi connectivity index (χ4v) is 1.59. The first-order valence-electron chi connectivity index (χ1n) is 5.63. The van der Waals surface area contributed by atoms with Crippen molar-refractivity contribution in [1.29, 1.82) is 0 Å². The number of esters is 1. The quantitative estimate of drug-likeness (QED) is 0.626. The van der Waals surface area contributed by atoms with Gasteiger partial charge in [-0.15, -0.1) is 6.42 Å². The van der Waals surface area contributed by atoms with Crippen molar-refractivity contribution < 1.29 is 14.3 Å². The average Bonchev–Trinajstić information content (AvgIpc) is 2.39. The Hall–Kier alpha value is -1.99. The molecule has 0 aliphatic rings. The number of carbonyl (C=O) groups excluding carboxylic acids is 1. The molecule has 0 spiro atoms. The van der Waals surface area contributed by atoms with E-state index in [1.807, 2.05) is 18.2 Å². The van der Waals surface area contributed by atoms with Crippen molar-refractivity contribution in [3.8, 4) is 18.1 Å². The molecule has 0 saturated carbocycles. The number of nitrogens with two attached hydrogens (primary N) is 1. The van der Waals surface area contributed by atoms with Crippen LogP contribution in [0.2, 0.25) is 0 Å². The molecule has 4 nitrogen and oxygen atoms in total. The molecule has 1 atom stereocenters. The van der Waals surface area contributed by atoms with Gasteiger partial charge in [0.15, 0.2) is 5.54 Å². The Morgan fingerprint density at radius 3 is 2.72 bits per heavy atom. The second kappa shape index (κ2) is 6.08. The molecule has 0 heterocycles. The summed E-state index contributed by atoms with van der Waals surface area (Å²) < 4.78 is 10.1. The number of hydrogen-bond donors (Lipinski definition) is 1. The fourth-order valence-electron chi connectivity index (χ4n) is 1.59. The number of benzene rings is 1. The number of hydrogen-bond acceptors (Lipinski definition) is 4. The van der Waals surface area contributed by atoms with E-state index in [0.29, 0.717) is 5.75 Å². The van der Waals surface area contributed by atoms with Gasteiger partial charge in [0.25, 0.3) is 0 Å². The van der Waals surface area contributed by atoms with Gasteiger partial charge < -0.3 is 15.2 Å². The normalized spacial score (nSPS) is 13.2. The Morgan fingerprint density at radius 1 is 1.50 bits per heavy atom. The van der Waals surface area contributed by atoms with Gasteiger partial charge in [-0.25, -0.2) is 4.79 Å². The first-order chi connectivity index (χ1) is 8.57. The fraction of sp³-hybridized carbons (Fsp3) is 0.357. The van der Waals surface area contributed by atoms with E-state index in [0.717, 1.165) is 5.56 Å². The molecule has 96 valence electrons. The molecule has 1 aromatic carbocycles. The summed E-state index contributed by atoms with van der Waals surface area (Å²) in [6.45, 7) is 1.95. The van der Waals surface area contributed by atoms with Crippen molar-refractivity contribution in [2.24, 2.45) is 5.73 Å². The highest BCUT2D eigenvalue weighted by Crippen LogP contribution is 2.22. The third-order valence-corrected chi connectivity index (χ3v) is 2.56. The van der Waals surface area contributed by atoms with Crippen molar-refractivity contribution in [2.75, 3.05) is 13.7 Å². The van der Waals surface area contributed by atoms with Crippen LogP contribution in [0.25, 0.3) is 0 Å². The molecule has 0 fully saturated rings. The minimum atomic E-state index is -1.47. The second-order valence-electron chi connectivity index (χ2n) is 3.82. The van der Waals surface area contributed by atoms with Crippen molar-refractivity contribution in [3.05, 3.63) is 29.8 Å². The Labute approximate surface area is 107 Å². The Balaban J connectivity index is 2.99. The van der Waals surface area contributed by atoms with Gasteiger partial charge in [-0.2, -0.15) is 0 Å². The van der Waals surface area contributed by atoms with E-state index in [1.165, 1.54) is 0 Å². The summed E-state index contributed by atoms with van der Waals surface area (Å²) in [6.07, 6.45) is 5.53. The van der Waals surface area contributed by atoms with Crippen molar-refractivity contribution >= 4 is 5.97 Å². The molecule has 4 heteroatoms. The van der Waals surface area contributed by atoms with Crippen molar-refractivity contribution in [2.45, 2.75) is 18.9 Å². The van der Waals surface area contributed by atoms with Crippen LogP contribution in [0.5, 0.6) is 5.75 Å². The standard InChI is InChI=1S/C14H17NO3/c1-4-14(15,13(16)18-5-2)10-11-8-6-7-9-12(11)17-3/h1,6-9H,5,10,15H2,2-3H3. The maximum absolute atomic E-state index is 11.8. The van der Waals surface area contributed by atoms with E-state index < -0.39 is 11.5 Å². The lowest BCUT2D eigenvalue weighted by Crippen LogP contribution is -2.49. The lowest BCUT2D eigenvalue weighted by atomic mass is 9.92. The Morgan fingerprint density at radius 2 is 2.17 bits per heavy atom. The molecule has 0 amide bonds. The number of para-hydroxylation sites is 1. The molecule has 0 aliphatic heterocycles. The van der Waals surface area contributed by atoms with E-state index in [-0.39, 0.29) is 13.0 Å². The van der Waals surface area contributed by atoms with Gasteiger partial charge in [0.2, 0.25) is 0 Å². The van der Waals surface area contributed by atoms with Gasteiger partial charge in [0, 0.05) is 6.42 Å².